The lowest BCUT2D eigenvalue weighted by atomic mass is 9.41. The average Bonchev–Trinajstić information content (AvgIpc) is 3.68. The minimum Gasteiger partial charge on any atom is -0.446 e. The molecule has 2 N–H and O–H groups in total. The molecule has 0 aromatic carbocycles. The van der Waals surface area contributed by atoms with Gasteiger partial charge in [0.1, 0.15) is 18.2 Å². The molecule has 3 saturated heterocycles. The van der Waals surface area contributed by atoms with Crippen LogP contribution in [-0.4, -0.2) is 103 Å². The number of nitrogens with one attached hydrogen (secondary N) is 1. The van der Waals surface area contributed by atoms with Crippen LogP contribution in [0, 0.1) is 56.7 Å². The van der Waals surface area contributed by atoms with Crippen molar-refractivity contribution < 1.29 is 42.1 Å². The van der Waals surface area contributed by atoms with Crippen LogP contribution >= 0.6 is 0 Å². The van der Waals surface area contributed by atoms with Crippen LogP contribution < -0.4 is 5.32 Å². The van der Waals surface area contributed by atoms with Gasteiger partial charge in [-0.15, -0.1) is 0 Å². The van der Waals surface area contributed by atoms with Gasteiger partial charge in [-0.05, 0) is 104 Å². The molecule has 0 aromatic heterocycles. The highest BCUT2D eigenvalue weighted by Gasteiger charge is 2.85. The molecule has 4 unspecified atom stereocenters. The Balaban J connectivity index is 1.00. The molecule has 2 spiro atoms. The van der Waals surface area contributed by atoms with Crippen molar-refractivity contribution in [3.05, 3.63) is 0 Å². The van der Waals surface area contributed by atoms with Gasteiger partial charge in [-0.1, -0.05) is 48.5 Å². The van der Waals surface area contributed by atoms with Crippen molar-refractivity contribution in [1.82, 2.24) is 15.1 Å². The first kappa shape index (κ1) is 37.1. The van der Waals surface area contributed by atoms with E-state index in [0.717, 1.165) is 64.5 Å². The van der Waals surface area contributed by atoms with Gasteiger partial charge in [0.25, 0.3) is 0 Å². The number of ether oxygens (including phenoxy) is 3. The fourth-order valence-electron chi connectivity index (χ4n) is 14.4. The SMILES string of the molecule is CC(C)[C@@H](OC(=O)N1CCC1)C1C[C@@H](C)[C@H]2C(O1)[C@H](O)[C@@]1(C)C3CC[C@H]4C(C)(C)[C@@H](OC(=O)N5CCNC(C(F)(F)F)C5)CC[C@@]45C[C@@]35CC[C@]21C. The van der Waals surface area contributed by atoms with Crippen molar-refractivity contribution in [3.8, 4) is 0 Å². The second-order valence-corrected chi connectivity index (χ2v) is 19.9. The number of fused-ring (bicyclic) bond motifs is 4. The van der Waals surface area contributed by atoms with Gasteiger partial charge < -0.3 is 34.4 Å². The zero-order chi connectivity index (χ0) is 37.4. The van der Waals surface area contributed by atoms with E-state index in [-0.39, 0.29) is 82.5 Å². The molecule has 12 heteroatoms. The van der Waals surface area contributed by atoms with Crippen LogP contribution in [0.4, 0.5) is 22.8 Å². The number of aliphatic hydroxyl groups is 1. The summed E-state index contributed by atoms with van der Waals surface area (Å²) >= 11 is 0. The van der Waals surface area contributed by atoms with Gasteiger partial charge in [0.2, 0.25) is 0 Å². The van der Waals surface area contributed by atoms with Gasteiger partial charge in [-0.25, -0.2) is 9.59 Å². The maximum atomic E-state index is 13.5. The van der Waals surface area contributed by atoms with E-state index in [9.17, 15) is 27.9 Å². The van der Waals surface area contributed by atoms with Crippen molar-refractivity contribution in [1.29, 1.82) is 0 Å². The summed E-state index contributed by atoms with van der Waals surface area (Å²) in [4.78, 5) is 29.3. The van der Waals surface area contributed by atoms with E-state index in [1.54, 1.807) is 4.90 Å². The van der Waals surface area contributed by atoms with E-state index in [4.69, 9.17) is 14.2 Å². The van der Waals surface area contributed by atoms with Crippen LogP contribution in [0.5, 0.6) is 0 Å². The number of aliphatic hydroxyl groups excluding tert-OH is 1. The number of carbonyl (C=O) groups is 2. The summed E-state index contributed by atoms with van der Waals surface area (Å²) in [7, 11) is 0. The number of alkyl halides is 3. The van der Waals surface area contributed by atoms with Crippen molar-refractivity contribution >= 4 is 12.2 Å². The summed E-state index contributed by atoms with van der Waals surface area (Å²) in [5.74, 6) is 1.27. The molecule has 8 rings (SSSR count). The first-order valence-electron chi connectivity index (χ1n) is 20.4. The first-order valence-corrected chi connectivity index (χ1v) is 20.4. The van der Waals surface area contributed by atoms with E-state index >= 15 is 0 Å². The Morgan fingerprint density at radius 2 is 1.63 bits per heavy atom. The van der Waals surface area contributed by atoms with Crippen molar-refractivity contribution in [2.24, 2.45) is 56.7 Å². The maximum Gasteiger partial charge on any atom is 0.410 e. The summed E-state index contributed by atoms with van der Waals surface area (Å²) < 4.78 is 59.7. The van der Waals surface area contributed by atoms with Gasteiger partial charge in [-0.2, -0.15) is 13.2 Å². The van der Waals surface area contributed by atoms with Crippen LogP contribution in [-0.2, 0) is 14.2 Å². The Bertz CT molecular complexity index is 1440. The Kier molecular flexibility index (Phi) is 8.65. The van der Waals surface area contributed by atoms with Gasteiger partial charge in [0, 0.05) is 43.6 Å². The van der Waals surface area contributed by atoms with Crippen LogP contribution in [0.1, 0.15) is 106 Å². The van der Waals surface area contributed by atoms with Gasteiger partial charge >= 0.3 is 18.4 Å². The van der Waals surface area contributed by atoms with Gasteiger partial charge in [0.05, 0.1) is 18.3 Å². The highest BCUT2D eigenvalue weighted by molar-refractivity contribution is 5.69. The largest absolute Gasteiger partial charge is 0.446 e. The molecular formula is C40H62F3N3O6. The summed E-state index contributed by atoms with van der Waals surface area (Å²) in [6, 6.07) is -1.74. The highest BCUT2D eigenvalue weighted by Crippen LogP contribution is 2.89. The molecule has 14 atom stereocenters. The molecule has 8 aliphatic rings. The number of amides is 2. The van der Waals surface area contributed by atoms with E-state index in [1.807, 2.05) is 0 Å². The summed E-state index contributed by atoms with van der Waals surface area (Å²) in [5.41, 5.74) is -0.549. The van der Waals surface area contributed by atoms with Crippen LogP contribution in [0.15, 0.2) is 0 Å². The van der Waals surface area contributed by atoms with Crippen molar-refractivity contribution in [2.45, 2.75) is 149 Å². The second-order valence-electron chi connectivity index (χ2n) is 19.9. The third-order valence-corrected chi connectivity index (χ3v) is 17.2. The molecule has 3 heterocycles. The fourth-order valence-corrected chi connectivity index (χ4v) is 14.4. The fraction of sp³-hybridized carbons (Fsp3) is 0.950. The van der Waals surface area contributed by atoms with E-state index < -0.39 is 31.0 Å². The standard InChI is InChI=1S/C40H62F3N3O6/c1-22(2)30(52-33(48)45-16-8-17-45)24-19-23(3)29-31(50-24)32(47)37(7)26-10-9-25-35(4,5)28(11-12-38(25)21-39(26,38)14-13-36(29,37)6)51-34(49)46-18-15-44-27(20-46)40(41,42)43/h22-32,44,47H,8-21H2,1-7H3/t23-,24?,25+,26?,27?,28+,29+,30-,31?,32+,36-,37-,38-,39+/m1/s1. The highest BCUT2D eigenvalue weighted by atomic mass is 19.4. The molecule has 8 fully saturated rings. The second kappa shape index (κ2) is 12.1. The summed E-state index contributed by atoms with van der Waals surface area (Å²) in [6.07, 6.45) is 1.44. The number of halogens is 3. The summed E-state index contributed by atoms with van der Waals surface area (Å²) in [6.45, 7) is 17.0. The minimum absolute atomic E-state index is 0.0854. The van der Waals surface area contributed by atoms with E-state index in [0.29, 0.717) is 24.2 Å². The Morgan fingerprint density at radius 3 is 2.29 bits per heavy atom. The zero-order valence-corrected chi connectivity index (χ0v) is 32.3. The average molecular weight is 738 g/mol. The normalized spacial score (nSPS) is 48.3. The van der Waals surface area contributed by atoms with Crippen LogP contribution in [0.25, 0.3) is 0 Å². The first-order chi connectivity index (χ1) is 24.3. The number of nitrogens with zero attached hydrogens (tertiary/aromatic N) is 2. The maximum absolute atomic E-state index is 13.5. The van der Waals surface area contributed by atoms with Gasteiger partial charge in [-0.3, -0.25) is 0 Å². The zero-order valence-electron chi connectivity index (χ0n) is 32.3. The predicted molar refractivity (Wildman–Crippen MR) is 187 cm³/mol. The molecule has 52 heavy (non-hydrogen) atoms. The Hall–Kier alpha value is -1.79. The molecule has 5 saturated carbocycles. The molecule has 2 amide bonds. The lowest BCUT2D eigenvalue weighted by Crippen LogP contribution is -2.61. The van der Waals surface area contributed by atoms with Crippen LogP contribution in [0.3, 0.4) is 0 Å². The monoisotopic (exact) mass is 737 g/mol. The lowest BCUT2D eigenvalue weighted by molar-refractivity contribution is -0.186. The Labute approximate surface area is 307 Å². The van der Waals surface area contributed by atoms with E-state index in [2.05, 4.69) is 53.8 Å². The van der Waals surface area contributed by atoms with Crippen LogP contribution in [0.2, 0.25) is 0 Å². The molecular weight excluding hydrogens is 675 g/mol. The predicted octanol–water partition coefficient (Wildman–Crippen LogP) is 7.01. The number of rotatable bonds is 4. The number of likely N-dealkylation sites (tertiary alicyclic amines) is 1. The quantitative estimate of drug-likeness (QED) is 0.321. The summed E-state index contributed by atoms with van der Waals surface area (Å²) in [5, 5.41) is 15.1. The Morgan fingerprint density at radius 1 is 0.942 bits per heavy atom. The number of hydrogen-bond donors (Lipinski definition) is 2. The van der Waals surface area contributed by atoms with Gasteiger partial charge in [0.15, 0.2) is 0 Å². The number of carbonyl (C=O) groups excluding carboxylic acids is 2. The molecule has 0 radical (unpaired) electrons. The molecule has 3 aliphatic heterocycles. The molecule has 5 aliphatic carbocycles. The third kappa shape index (κ3) is 5.03. The van der Waals surface area contributed by atoms with Crippen molar-refractivity contribution in [3.63, 3.8) is 0 Å². The topological polar surface area (TPSA) is 101 Å². The number of hydrogen-bond acceptors (Lipinski definition) is 7. The number of piperazine rings is 1. The minimum atomic E-state index is -4.42. The molecule has 0 bridgehead atoms. The molecule has 9 nitrogen and oxygen atoms in total. The molecule has 0 aromatic rings. The molecule has 294 valence electrons. The lowest BCUT2D eigenvalue weighted by Gasteiger charge is -2.63. The van der Waals surface area contributed by atoms with Crippen molar-refractivity contribution in [2.75, 3.05) is 32.7 Å². The third-order valence-electron chi connectivity index (χ3n) is 17.2. The van der Waals surface area contributed by atoms with E-state index in [1.165, 1.54) is 4.90 Å². The smallest absolute Gasteiger partial charge is 0.410 e.